The molecular formula is C13H18FN. The van der Waals surface area contributed by atoms with Crippen LogP contribution >= 0.6 is 0 Å². The van der Waals surface area contributed by atoms with Crippen molar-refractivity contribution in [2.75, 3.05) is 12.4 Å². The molecule has 82 valence electrons. The van der Waals surface area contributed by atoms with Crippen LogP contribution in [0.1, 0.15) is 37.2 Å². The highest BCUT2D eigenvalue weighted by Crippen LogP contribution is 2.39. The number of rotatable bonds is 2. The highest BCUT2D eigenvalue weighted by atomic mass is 19.1. The van der Waals surface area contributed by atoms with Crippen molar-refractivity contribution < 1.29 is 4.39 Å². The third-order valence-corrected chi connectivity index (χ3v) is 3.50. The first-order valence-corrected chi connectivity index (χ1v) is 5.73. The second-order valence-electron chi connectivity index (χ2n) is 4.43. The smallest absolute Gasteiger partial charge is 0.0928 e. The minimum absolute atomic E-state index is 0.184. The average molecular weight is 207 g/mol. The van der Waals surface area contributed by atoms with Gasteiger partial charge in [0.25, 0.3) is 0 Å². The summed E-state index contributed by atoms with van der Waals surface area (Å²) in [4.78, 5) is 0. The van der Waals surface area contributed by atoms with Crippen LogP contribution in [0, 0.1) is 5.92 Å². The van der Waals surface area contributed by atoms with Crippen LogP contribution in [0.15, 0.2) is 24.3 Å². The number of alkyl halides is 1. The second-order valence-corrected chi connectivity index (χ2v) is 4.43. The van der Waals surface area contributed by atoms with Crippen LogP contribution in [0.4, 0.5) is 10.1 Å². The van der Waals surface area contributed by atoms with Gasteiger partial charge in [-0.15, -0.1) is 0 Å². The molecule has 0 spiro atoms. The SMILES string of the molecule is Nc1ccccc1C1CCCCC1CF. The highest BCUT2D eigenvalue weighted by molar-refractivity contribution is 5.48. The van der Waals surface area contributed by atoms with Crippen molar-refractivity contribution in [3.63, 3.8) is 0 Å². The van der Waals surface area contributed by atoms with Crippen LogP contribution in [0.2, 0.25) is 0 Å². The minimum atomic E-state index is -0.209. The largest absolute Gasteiger partial charge is 0.398 e. The van der Waals surface area contributed by atoms with Crippen LogP contribution in [-0.4, -0.2) is 6.67 Å². The maximum Gasteiger partial charge on any atom is 0.0928 e. The van der Waals surface area contributed by atoms with Crippen molar-refractivity contribution >= 4 is 5.69 Å². The fraction of sp³-hybridized carbons (Fsp3) is 0.538. The summed E-state index contributed by atoms with van der Waals surface area (Å²) in [6, 6.07) is 7.90. The molecule has 1 aromatic rings. The molecule has 2 atom stereocenters. The van der Waals surface area contributed by atoms with E-state index < -0.39 is 0 Å². The average Bonchev–Trinajstić information content (AvgIpc) is 2.30. The van der Waals surface area contributed by atoms with E-state index in [2.05, 4.69) is 0 Å². The second kappa shape index (κ2) is 4.65. The lowest BCUT2D eigenvalue weighted by Gasteiger charge is -2.30. The van der Waals surface area contributed by atoms with E-state index in [1.165, 1.54) is 6.42 Å². The summed E-state index contributed by atoms with van der Waals surface area (Å²) in [7, 11) is 0. The van der Waals surface area contributed by atoms with E-state index in [0.29, 0.717) is 5.92 Å². The van der Waals surface area contributed by atoms with Crippen LogP contribution in [-0.2, 0) is 0 Å². The van der Waals surface area contributed by atoms with Gasteiger partial charge in [0.05, 0.1) is 6.67 Å². The van der Waals surface area contributed by atoms with E-state index in [9.17, 15) is 4.39 Å². The van der Waals surface area contributed by atoms with Gasteiger partial charge in [-0.25, -0.2) is 0 Å². The molecule has 1 nitrogen and oxygen atoms in total. The summed E-state index contributed by atoms with van der Waals surface area (Å²) in [5, 5.41) is 0. The number of nitrogens with two attached hydrogens (primary N) is 1. The summed E-state index contributed by atoms with van der Waals surface area (Å²) >= 11 is 0. The monoisotopic (exact) mass is 207 g/mol. The number of halogens is 1. The lowest BCUT2D eigenvalue weighted by molar-refractivity contribution is 0.246. The minimum Gasteiger partial charge on any atom is -0.398 e. The van der Waals surface area contributed by atoms with Crippen molar-refractivity contribution in [3.05, 3.63) is 29.8 Å². The first kappa shape index (κ1) is 10.5. The van der Waals surface area contributed by atoms with E-state index in [0.717, 1.165) is 30.5 Å². The molecule has 0 saturated heterocycles. The first-order valence-electron chi connectivity index (χ1n) is 5.73. The fourth-order valence-corrected chi connectivity index (χ4v) is 2.65. The molecule has 0 amide bonds. The Labute approximate surface area is 90.5 Å². The molecule has 2 N–H and O–H groups in total. The molecule has 1 aliphatic rings. The summed E-state index contributed by atoms with van der Waals surface area (Å²) in [5.41, 5.74) is 7.92. The lowest BCUT2D eigenvalue weighted by atomic mass is 9.75. The summed E-state index contributed by atoms with van der Waals surface area (Å²) in [5.74, 6) is 0.522. The van der Waals surface area contributed by atoms with Gasteiger partial charge in [-0.1, -0.05) is 31.0 Å². The van der Waals surface area contributed by atoms with Crippen LogP contribution in [0.5, 0.6) is 0 Å². The topological polar surface area (TPSA) is 26.0 Å². The normalized spacial score (nSPS) is 26.5. The van der Waals surface area contributed by atoms with Gasteiger partial charge in [-0.2, -0.15) is 0 Å². The van der Waals surface area contributed by atoms with Crippen LogP contribution < -0.4 is 5.73 Å². The van der Waals surface area contributed by atoms with Crippen molar-refractivity contribution in [1.29, 1.82) is 0 Å². The molecule has 2 heteroatoms. The zero-order valence-corrected chi connectivity index (χ0v) is 8.95. The molecule has 0 radical (unpaired) electrons. The maximum atomic E-state index is 12.9. The Morgan fingerprint density at radius 3 is 2.67 bits per heavy atom. The molecule has 0 aliphatic heterocycles. The molecule has 1 aliphatic carbocycles. The molecule has 1 aromatic carbocycles. The van der Waals surface area contributed by atoms with Gasteiger partial charge in [-0.05, 0) is 36.3 Å². The molecule has 2 rings (SSSR count). The molecule has 0 heterocycles. The van der Waals surface area contributed by atoms with Gasteiger partial charge in [0.15, 0.2) is 0 Å². The van der Waals surface area contributed by atoms with Crippen molar-refractivity contribution in [2.45, 2.75) is 31.6 Å². The molecular weight excluding hydrogens is 189 g/mol. The Hall–Kier alpha value is -1.05. The van der Waals surface area contributed by atoms with Crippen molar-refractivity contribution in [3.8, 4) is 0 Å². The van der Waals surface area contributed by atoms with E-state index in [1.54, 1.807) is 0 Å². The summed E-state index contributed by atoms with van der Waals surface area (Å²) in [6.07, 6.45) is 4.46. The molecule has 1 fully saturated rings. The molecule has 15 heavy (non-hydrogen) atoms. The fourth-order valence-electron chi connectivity index (χ4n) is 2.65. The van der Waals surface area contributed by atoms with Gasteiger partial charge in [-0.3, -0.25) is 4.39 Å². The van der Waals surface area contributed by atoms with Gasteiger partial charge in [0.1, 0.15) is 0 Å². The first-order chi connectivity index (χ1) is 7.33. The van der Waals surface area contributed by atoms with Crippen molar-refractivity contribution in [2.24, 2.45) is 5.92 Å². The summed E-state index contributed by atoms with van der Waals surface area (Å²) in [6.45, 7) is -0.209. The molecule has 0 bridgehead atoms. The number of benzene rings is 1. The summed E-state index contributed by atoms with van der Waals surface area (Å²) < 4.78 is 12.9. The van der Waals surface area contributed by atoms with Crippen LogP contribution in [0.3, 0.4) is 0 Å². The van der Waals surface area contributed by atoms with Gasteiger partial charge >= 0.3 is 0 Å². The Morgan fingerprint density at radius 1 is 1.20 bits per heavy atom. The number of hydrogen-bond donors (Lipinski definition) is 1. The maximum absolute atomic E-state index is 12.9. The van der Waals surface area contributed by atoms with E-state index in [1.807, 2.05) is 24.3 Å². The highest BCUT2D eigenvalue weighted by Gasteiger charge is 2.27. The quantitative estimate of drug-likeness (QED) is 0.738. The molecule has 2 unspecified atom stereocenters. The van der Waals surface area contributed by atoms with Crippen molar-refractivity contribution in [1.82, 2.24) is 0 Å². The third kappa shape index (κ3) is 2.14. The van der Waals surface area contributed by atoms with Crippen LogP contribution in [0.25, 0.3) is 0 Å². The zero-order chi connectivity index (χ0) is 10.7. The van der Waals surface area contributed by atoms with E-state index in [4.69, 9.17) is 5.73 Å². The number of nitrogen functional groups attached to an aromatic ring is 1. The lowest BCUT2D eigenvalue weighted by Crippen LogP contribution is -2.20. The predicted octanol–water partition coefficient (Wildman–Crippen LogP) is 3.51. The van der Waals surface area contributed by atoms with Gasteiger partial charge in [0, 0.05) is 5.69 Å². The molecule has 1 saturated carbocycles. The third-order valence-electron chi connectivity index (χ3n) is 3.50. The Balaban J connectivity index is 2.24. The predicted molar refractivity (Wildman–Crippen MR) is 61.5 cm³/mol. The molecule has 0 aromatic heterocycles. The zero-order valence-electron chi connectivity index (χ0n) is 8.95. The van der Waals surface area contributed by atoms with Gasteiger partial charge in [0.2, 0.25) is 0 Å². The Kier molecular flexibility index (Phi) is 3.24. The van der Waals surface area contributed by atoms with E-state index >= 15 is 0 Å². The standard InChI is InChI=1S/C13H18FN/c14-9-10-5-1-2-6-11(10)12-7-3-4-8-13(12)15/h3-4,7-8,10-11H,1-2,5-6,9,15H2. The Bertz CT molecular complexity index is 324. The van der Waals surface area contributed by atoms with Gasteiger partial charge < -0.3 is 5.73 Å². The number of para-hydroxylation sites is 1. The number of hydrogen-bond acceptors (Lipinski definition) is 1. The number of anilines is 1. The van der Waals surface area contributed by atoms with E-state index in [-0.39, 0.29) is 12.6 Å². The Morgan fingerprint density at radius 2 is 1.93 bits per heavy atom.